The minimum absolute atomic E-state index is 0.0410. The SMILES string of the molecule is CCOc1ncc2cc(-c3ccc4[nH]c(=O)n(C)c4c3)c(=O)n(-c3ccc(OC(F)F)cc3)c2n1. The number of aromatic amines is 1. The van der Waals surface area contributed by atoms with Gasteiger partial charge >= 0.3 is 18.3 Å². The Morgan fingerprint density at radius 3 is 2.57 bits per heavy atom. The maximum absolute atomic E-state index is 13.8. The van der Waals surface area contributed by atoms with Crippen molar-refractivity contribution in [3.05, 3.63) is 75.6 Å². The molecule has 11 heteroatoms. The van der Waals surface area contributed by atoms with Gasteiger partial charge in [-0.1, -0.05) is 6.07 Å². The lowest BCUT2D eigenvalue weighted by atomic mass is 10.0. The highest BCUT2D eigenvalue weighted by Gasteiger charge is 2.17. The molecule has 0 bridgehead atoms. The van der Waals surface area contributed by atoms with Gasteiger partial charge in [0.25, 0.3) is 5.56 Å². The Bertz CT molecular complexity index is 1670. The zero-order valence-corrected chi connectivity index (χ0v) is 18.7. The van der Waals surface area contributed by atoms with E-state index in [-0.39, 0.29) is 23.1 Å². The summed E-state index contributed by atoms with van der Waals surface area (Å²) in [6, 6.07) is 12.7. The topological polar surface area (TPSA) is 104 Å². The second kappa shape index (κ2) is 8.67. The molecule has 3 aromatic heterocycles. The van der Waals surface area contributed by atoms with Crippen molar-refractivity contribution in [1.82, 2.24) is 24.1 Å². The zero-order chi connectivity index (χ0) is 24.7. The summed E-state index contributed by atoms with van der Waals surface area (Å²) in [5.41, 5.74) is 2.20. The molecule has 1 N–H and O–H groups in total. The molecule has 2 aromatic carbocycles. The number of aryl methyl sites for hydroxylation is 1. The highest BCUT2D eigenvalue weighted by molar-refractivity contribution is 5.86. The molecule has 5 aromatic rings. The van der Waals surface area contributed by atoms with Gasteiger partial charge in [-0.15, -0.1) is 0 Å². The van der Waals surface area contributed by atoms with E-state index in [2.05, 4.69) is 19.7 Å². The molecule has 0 unspecified atom stereocenters. The largest absolute Gasteiger partial charge is 0.464 e. The number of benzene rings is 2. The molecule has 9 nitrogen and oxygen atoms in total. The molecule has 0 spiro atoms. The molecular formula is C24H19F2N5O4. The Hall–Kier alpha value is -4.54. The van der Waals surface area contributed by atoms with Crippen LogP contribution in [0.3, 0.4) is 0 Å². The lowest BCUT2D eigenvalue weighted by Gasteiger charge is -2.14. The van der Waals surface area contributed by atoms with E-state index in [4.69, 9.17) is 4.74 Å². The van der Waals surface area contributed by atoms with Crippen molar-refractivity contribution in [3.63, 3.8) is 0 Å². The first-order valence-electron chi connectivity index (χ1n) is 10.7. The van der Waals surface area contributed by atoms with E-state index < -0.39 is 12.2 Å². The van der Waals surface area contributed by atoms with Gasteiger partial charge in [0.05, 0.1) is 23.3 Å². The monoisotopic (exact) mass is 479 g/mol. The predicted octanol–water partition coefficient (Wildman–Crippen LogP) is 3.63. The molecule has 0 aliphatic heterocycles. The number of nitrogens with zero attached hydrogens (tertiary/aromatic N) is 4. The second-order valence-electron chi connectivity index (χ2n) is 7.66. The van der Waals surface area contributed by atoms with Crippen LogP contribution in [0.4, 0.5) is 8.78 Å². The van der Waals surface area contributed by atoms with Crippen LogP contribution in [0.2, 0.25) is 0 Å². The van der Waals surface area contributed by atoms with Gasteiger partial charge in [-0.25, -0.2) is 9.78 Å². The highest BCUT2D eigenvalue weighted by atomic mass is 19.3. The summed E-state index contributed by atoms with van der Waals surface area (Å²) in [5.74, 6) is -0.0410. The summed E-state index contributed by atoms with van der Waals surface area (Å²) < 4.78 is 37.8. The number of imidazole rings is 1. The minimum Gasteiger partial charge on any atom is -0.464 e. The summed E-state index contributed by atoms with van der Waals surface area (Å²) in [7, 11) is 1.63. The van der Waals surface area contributed by atoms with Gasteiger partial charge in [-0.05, 0) is 55.0 Å². The lowest BCUT2D eigenvalue weighted by molar-refractivity contribution is -0.0498. The summed E-state index contributed by atoms with van der Waals surface area (Å²) in [6.45, 7) is -0.840. The lowest BCUT2D eigenvalue weighted by Crippen LogP contribution is -2.21. The smallest absolute Gasteiger partial charge is 0.387 e. The fraction of sp³-hybridized carbons (Fsp3) is 0.167. The number of pyridine rings is 1. The Kier molecular flexibility index (Phi) is 5.51. The molecule has 0 radical (unpaired) electrons. The predicted molar refractivity (Wildman–Crippen MR) is 125 cm³/mol. The van der Waals surface area contributed by atoms with Crippen molar-refractivity contribution < 1.29 is 18.3 Å². The van der Waals surface area contributed by atoms with Crippen LogP contribution in [0.15, 0.2) is 64.3 Å². The van der Waals surface area contributed by atoms with Crippen molar-refractivity contribution >= 4 is 22.1 Å². The van der Waals surface area contributed by atoms with Crippen LogP contribution in [0.5, 0.6) is 11.8 Å². The number of hydrogen-bond donors (Lipinski definition) is 1. The van der Waals surface area contributed by atoms with Crippen molar-refractivity contribution in [2.24, 2.45) is 7.05 Å². The maximum atomic E-state index is 13.8. The Morgan fingerprint density at radius 2 is 1.86 bits per heavy atom. The Balaban J connectivity index is 1.76. The molecule has 35 heavy (non-hydrogen) atoms. The van der Waals surface area contributed by atoms with Gasteiger partial charge in [-0.3, -0.25) is 13.9 Å². The van der Waals surface area contributed by atoms with Crippen LogP contribution in [0.1, 0.15) is 6.92 Å². The molecule has 0 aliphatic rings. The van der Waals surface area contributed by atoms with Gasteiger partial charge < -0.3 is 14.5 Å². The van der Waals surface area contributed by atoms with Gasteiger partial charge in [-0.2, -0.15) is 13.8 Å². The summed E-state index contributed by atoms with van der Waals surface area (Å²) in [5, 5.41) is 0.555. The van der Waals surface area contributed by atoms with Gasteiger partial charge in [0.15, 0.2) is 5.65 Å². The molecule has 178 valence electrons. The third-order valence-electron chi connectivity index (χ3n) is 5.53. The van der Waals surface area contributed by atoms with E-state index in [0.29, 0.717) is 39.8 Å². The molecule has 0 fully saturated rings. The molecule has 0 aliphatic carbocycles. The number of fused-ring (bicyclic) bond motifs is 2. The maximum Gasteiger partial charge on any atom is 0.387 e. The van der Waals surface area contributed by atoms with E-state index in [1.54, 1.807) is 44.4 Å². The Labute approximate surface area is 196 Å². The first kappa shape index (κ1) is 22.3. The summed E-state index contributed by atoms with van der Waals surface area (Å²) in [4.78, 5) is 37.1. The molecular weight excluding hydrogens is 460 g/mol. The number of alkyl halides is 2. The molecule has 0 saturated carbocycles. The number of ether oxygens (including phenoxy) is 2. The summed E-state index contributed by atoms with van der Waals surface area (Å²) in [6.07, 6.45) is 1.55. The molecule has 0 saturated heterocycles. The van der Waals surface area contributed by atoms with E-state index >= 15 is 0 Å². The molecule has 0 atom stereocenters. The number of halogens is 2. The summed E-state index contributed by atoms with van der Waals surface area (Å²) >= 11 is 0. The molecule has 0 amide bonds. The Morgan fingerprint density at radius 1 is 1.09 bits per heavy atom. The third kappa shape index (κ3) is 4.01. The molecule has 3 heterocycles. The number of H-pyrrole nitrogens is 1. The van der Waals surface area contributed by atoms with Crippen LogP contribution in [0, 0.1) is 0 Å². The van der Waals surface area contributed by atoms with Gasteiger partial charge in [0, 0.05) is 24.2 Å². The fourth-order valence-electron chi connectivity index (χ4n) is 3.89. The first-order chi connectivity index (χ1) is 16.9. The highest BCUT2D eigenvalue weighted by Crippen LogP contribution is 2.26. The minimum atomic E-state index is -2.96. The van der Waals surface area contributed by atoms with Crippen molar-refractivity contribution in [1.29, 1.82) is 0 Å². The average Bonchev–Trinajstić information content (AvgIpc) is 3.12. The fourth-order valence-corrected chi connectivity index (χ4v) is 3.89. The number of aromatic nitrogens is 5. The van der Waals surface area contributed by atoms with Crippen molar-refractivity contribution in [2.75, 3.05) is 6.61 Å². The van der Waals surface area contributed by atoms with Crippen LogP contribution < -0.4 is 20.7 Å². The van der Waals surface area contributed by atoms with Crippen LogP contribution >= 0.6 is 0 Å². The quantitative estimate of drug-likeness (QED) is 0.399. The van der Waals surface area contributed by atoms with E-state index in [0.717, 1.165) is 0 Å². The third-order valence-corrected chi connectivity index (χ3v) is 5.53. The van der Waals surface area contributed by atoms with E-state index in [9.17, 15) is 18.4 Å². The number of rotatable bonds is 6. The second-order valence-corrected chi connectivity index (χ2v) is 7.66. The van der Waals surface area contributed by atoms with Gasteiger partial charge in [0.2, 0.25) is 0 Å². The average molecular weight is 479 g/mol. The number of nitrogens with one attached hydrogen (secondary N) is 1. The van der Waals surface area contributed by atoms with Crippen molar-refractivity contribution in [3.8, 4) is 28.6 Å². The van der Waals surface area contributed by atoms with Crippen LogP contribution in [-0.2, 0) is 7.05 Å². The van der Waals surface area contributed by atoms with E-state index in [1.165, 1.54) is 33.4 Å². The van der Waals surface area contributed by atoms with Gasteiger partial charge in [0.1, 0.15) is 5.75 Å². The standard InChI is InChI=1S/C24H19F2N5O4/c1-3-34-23-27-12-14-10-17(13-4-9-18-19(11-13)30(2)24(33)28-18)21(32)31(20(14)29-23)15-5-7-16(8-6-15)35-22(25)26/h4-12,22H,3H2,1-2H3,(H,28,33). The first-order valence-corrected chi connectivity index (χ1v) is 10.7. The number of hydrogen-bond acceptors (Lipinski definition) is 6. The van der Waals surface area contributed by atoms with Crippen LogP contribution in [0.25, 0.3) is 38.9 Å². The van der Waals surface area contributed by atoms with Crippen LogP contribution in [-0.4, -0.2) is 37.3 Å². The van der Waals surface area contributed by atoms with Crippen molar-refractivity contribution in [2.45, 2.75) is 13.5 Å². The zero-order valence-electron chi connectivity index (χ0n) is 18.7. The molecule has 5 rings (SSSR count). The normalized spacial score (nSPS) is 11.5. The van der Waals surface area contributed by atoms with E-state index in [1.807, 2.05) is 0 Å².